The first-order chi connectivity index (χ1) is 18.8. The lowest BCUT2D eigenvalue weighted by molar-refractivity contribution is -0.140. The number of rotatable bonds is 11. The van der Waals surface area contributed by atoms with E-state index in [1.54, 1.807) is 4.68 Å². The minimum absolute atomic E-state index is 0.0752. The number of nitrogens with zero attached hydrogens (tertiary/aromatic N) is 2. The fourth-order valence-corrected chi connectivity index (χ4v) is 4.28. The molecule has 1 aromatic heterocycles. The maximum atomic E-state index is 12.7. The summed E-state index contributed by atoms with van der Waals surface area (Å²) in [6.07, 6.45) is -0.960. The number of hydrogen-bond donors (Lipinski definition) is 2. The van der Waals surface area contributed by atoms with Gasteiger partial charge in [-0.15, -0.1) is 0 Å². The number of carbonyl (C=O) groups excluding carboxylic acids is 1. The Hall–Kier alpha value is -4.43. The number of carbonyl (C=O) groups is 2. The van der Waals surface area contributed by atoms with Crippen molar-refractivity contribution in [2.24, 2.45) is 7.05 Å². The first-order valence-corrected chi connectivity index (χ1v) is 12.8. The number of aliphatic carboxylic acids is 1. The predicted molar refractivity (Wildman–Crippen MR) is 149 cm³/mol. The Morgan fingerprint density at radius 3 is 2.23 bits per heavy atom. The van der Waals surface area contributed by atoms with Gasteiger partial charge < -0.3 is 14.6 Å². The van der Waals surface area contributed by atoms with E-state index in [0.717, 1.165) is 27.9 Å². The molecule has 0 bridgehead atoms. The Morgan fingerprint density at radius 1 is 0.949 bits per heavy atom. The molecule has 0 saturated carbocycles. The van der Waals surface area contributed by atoms with Crippen molar-refractivity contribution >= 4 is 17.7 Å². The second kappa shape index (κ2) is 12.9. The van der Waals surface area contributed by atoms with E-state index in [-0.39, 0.29) is 13.0 Å². The fourth-order valence-electron chi connectivity index (χ4n) is 4.28. The van der Waals surface area contributed by atoms with E-state index >= 15 is 0 Å². The molecule has 2 N–H and O–H groups in total. The highest BCUT2D eigenvalue weighted by Gasteiger charge is 2.20. The van der Waals surface area contributed by atoms with Gasteiger partial charge in [-0.1, -0.05) is 84.9 Å². The van der Waals surface area contributed by atoms with Crippen molar-refractivity contribution in [1.82, 2.24) is 9.78 Å². The molecule has 2 unspecified atom stereocenters. The van der Waals surface area contributed by atoms with Gasteiger partial charge in [-0.3, -0.25) is 14.8 Å². The first-order valence-electron chi connectivity index (χ1n) is 12.8. The summed E-state index contributed by atoms with van der Waals surface area (Å²) in [6, 6.07) is 26.9. The van der Waals surface area contributed by atoms with Gasteiger partial charge in [0.25, 0.3) is 0 Å². The van der Waals surface area contributed by atoms with E-state index in [1.165, 1.54) is 0 Å². The molecular weight excluding hydrogens is 494 g/mol. The second-order valence-electron chi connectivity index (χ2n) is 9.43. The third kappa shape index (κ3) is 7.55. The van der Waals surface area contributed by atoms with E-state index in [9.17, 15) is 14.7 Å². The van der Waals surface area contributed by atoms with Gasteiger partial charge in [-0.25, -0.2) is 4.79 Å². The zero-order valence-electron chi connectivity index (χ0n) is 22.3. The molecule has 4 rings (SSSR count). The van der Waals surface area contributed by atoms with Gasteiger partial charge in [0.2, 0.25) is 0 Å². The highest BCUT2D eigenvalue weighted by atomic mass is 16.6. The number of ether oxygens (including phenoxy) is 2. The van der Waals surface area contributed by atoms with Crippen LogP contribution >= 0.6 is 0 Å². The van der Waals surface area contributed by atoms with Crippen LogP contribution in [0.5, 0.6) is 0 Å². The van der Waals surface area contributed by atoms with Gasteiger partial charge in [0.15, 0.2) is 0 Å². The van der Waals surface area contributed by atoms with Crippen molar-refractivity contribution in [3.63, 3.8) is 0 Å². The van der Waals surface area contributed by atoms with E-state index in [1.807, 2.05) is 106 Å². The van der Waals surface area contributed by atoms with Crippen LogP contribution in [0.2, 0.25) is 0 Å². The number of carboxylic acid groups (broad SMARTS) is 1. The number of aryl methyl sites for hydroxylation is 1. The Labute approximate surface area is 228 Å². The normalized spacial score (nSPS) is 12.5. The minimum atomic E-state index is -0.895. The molecule has 202 valence electrons. The van der Waals surface area contributed by atoms with Crippen molar-refractivity contribution in [2.45, 2.75) is 45.5 Å². The average molecular weight is 528 g/mol. The zero-order chi connectivity index (χ0) is 27.8. The van der Waals surface area contributed by atoms with Crippen molar-refractivity contribution in [1.29, 1.82) is 0 Å². The smallest absolute Gasteiger partial charge is 0.412 e. The molecule has 1 heterocycles. The molecule has 0 radical (unpaired) electrons. The molecule has 2 atom stereocenters. The third-order valence-corrected chi connectivity index (χ3v) is 6.54. The summed E-state index contributed by atoms with van der Waals surface area (Å²) in [5, 5.41) is 16.8. The van der Waals surface area contributed by atoms with E-state index < -0.39 is 24.3 Å². The Balaban J connectivity index is 1.42. The lowest BCUT2D eigenvalue weighted by Gasteiger charge is -2.16. The van der Waals surface area contributed by atoms with Crippen LogP contribution in [0.3, 0.4) is 0 Å². The highest BCUT2D eigenvalue weighted by molar-refractivity contribution is 5.91. The molecule has 8 heteroatoms. The monoisotopic (exact) mass is 527 g/mol. The minimum Gasteiger partial charge on any atom is -0.481 e. The van der Waals surface area contributed by atoms with Crippen LogP contribution < -0.4 is 5.32 Å². The molecule has 0 fully saturated rings. The number of anilines is 1. The maximum Gasteiger partial charge on any atom is 0.412 e. The summed E-state index contributed by atoms with van der Waals surface area (Å²) >= 11 is 0. The predicted octanol–water partition coefficient (Wildman–Crippen LogP) is 6.31. The molecule has 1 amide bonds. The maximum absolute atomic E-state index is 12.7. The van der Waals surface area contributed by atoms with Gasteiger partial charge in [0.05, 0.1) is 30.5 Å². The molecule has 0 saturated heterocycles. The van der Waals surface area contributed by atoms with Gasteiger partial charge in [-0.2, -0.15) is 5.10 Å². The van der Waals surface area contributed by atoms with Crippen molar-refractivity contribution in [3.8, 4) is 11.3 Å². The molecule has 39 heavy (non-hydrogen) atoms. The Bertz CT molecular complexity index is 1390. The Morgan fingerprint density at radius 2 is 1.59 bits per heavy atom. The number of nitrogens with one attached hydrogen (secondary N) is 1. The van der Waals surface area contributed by atoms with Crippen LogP contribution in [0, 0.1) is 6.92 Å². The second-order valence-corrected chi connectivity index (χ2v) is 9.43. The summed E-state index contributed by atoms with van der Waals surface area (Å²) in [6.45, 7) is 3.99. The summed E-state index contributed by atoms with van der Waals surface area (Å²) in [5.74, 6) is -0.895. The van der Waals surface area contributed by atoms with Gasteiger partial charge >= 0.3 is 12.1 Å². The van der Waals surface area contributed by atoms with Gasteiger partial charge in [0.1, 0.15) is 11.8 Å². The topological polar surface area (TPSA) is 103 Å². The van der Waals surface area contributed by atoms with E-state index in [2.05, 4.69) is 10.4 Å². The number of carboxylic acids is 1. The number of hydrogen-bond acceptors (Lipinski definition) is 5. The van der Waals surface area contributed by atoms with Crippen LogP contribution in [0.25, 0.3) is 11.3 Å². The van der Waals surface area contributed by atoms with Crippen molar-refractivity contribution in [3.05, 3.63) is 107 Å². The molecule has 0 aliphatic carbocycles. The number of amides is 1. The molecule has 0 aliphatic heterocycles. The van der Waals surface area contributed by atoms with E-state index in [0.29, 0.717) is 17.8 Å². The summed E-state index contributed by atoms with van der Waals surface area (Å²) in [7, 11) is 1.82. The standard InChI is InChI=1S/C31H33N3O5/c1-21-29(32-31(37)39-22(2)25-12-8-5-9-13-25)30(33-34(21)3)26-16-14-24(15-17-26)20-38-27(19-28(35)36)18-23-10-6-4-7-11-23/h4-17,22,27H,18-20H2,1-3H3,(H,32,37)(H,35,36). The van der Waals surface area contributed by atoms with Gasteiger partial charge in [-0.05, 0) is 37.0 Å². The molecule has 3 aromatic carbocycles. The van der Waals surface area contributed by atoms with Crippen molar-refractivity contribution in [2.75, 3.05) is 5.32 Å². The van der Waals surface area contributed by atoms with Crippen LogP contribution in [0.4, 0.5) is 10.5 Å². The van der Waals surface area contributed by atoms with Gasteiger partial charge in [0, 0.05) is 12.6 Å². The first kappa shape index (κ1) is 27.6. The lowest BCUT2D eigenvalue weighted by Crippen LogP contribution is -2.20. The van der Waals surface area contributed by atoms with Crippen LogP contribution in [-0.2, 0) is 34.3 Å². The SMILES string of the molecule is Cc1c(NC(=O)OC(C)c2ccccc2)c(-c2ccc(COC(CC(=O)O)Cc3ccccc3)cc2)nn1C. The van der Waals surface area contributed by atoms with Crippen LogP contribution in [0.1, 0.15) is 41.8 Å². The largest absolute Gasteiger partial charge is 0.481 e. The number of benzene rings is 3. The van der Waals surface area contributed by atoms with Crippen molar-refractivity contribution < 1.29 is 24.2 Å². The van der Waals surface area contributed by atoms with E-state index in [4.69, 9.17) is 9.47 Å². The quantitative estimate of drug-likeness (QED) is 0.237. The molecule has 0 spiro atoms. The molecule has 4 aromatic rings. The zero-order valence-corrected chi connectivity index (χ0v) is 22.3. The van der Waals surface area contributed by atoms with Crippen LogP contribution in [-0.4, -0.2) is 33.1 Å². The highest BCUT2D eigenvalue weighted by Crippen LogP contribution is 2.31. The Kier molecular flexibility index (Phi) is 9.12. The average Bonchev–Trinajstić information content (AvgIpc) is 3.21. The molecule has 0 aliphatic rings. The third-order valence-electron chi connectivity index (χ3n) is 6.54. The lowest BCUT2D eigenvalue weighted by atomic mass is 10.1. The fraction of sp³-hybridized carbons (Fsp3) is 0.258. The molecule has 8 nitrogen and oxygen atoms in total. The van der Waals surface area contributed by atoms with Crippen LogP contribution in [0.15, 0.2) is 84.9 Å². The summed E-state index contributed by atoms with van der Waals surface area (Å²) < 4.78 is 13.3. The number of aromatic nitrogens is 2. The molecular formula is C31H33N3O5. The summed E-state index contributed by atoms with van der Waals surface area (Å²) in [5.41, 5.74) is 5.65. The summed E-state index contributed by atoms with van der Waals surface area (Å²) in [4.78, 5) is 24.1.